The number of aromatic nitrogens is 1. The first-order chi connectivity index (χ1) is 8.19. The summed E-state index contributed by atoms with van der Waals surface area (Å²) in [4.78, 5) is 4.24. The molecule has 0 spiro atoms. The maximum absolute atomic E-state index is 9.10. The lowest BCUT2D eigenvalue weighted by Crippen LogP contribution is -2.17. The zero-order valence-corrected chi connectivity index (χ0v) is 11.0. The molecule has 1 aromatic heterocycles. The Hall–Kier alpha value is -1.56. The van der Waals surface area contributed by atoms with Crippen LogP contribution in [0.15, 0.2) is 12.3 Å². The molecule has 1 rings (SSSR count). The lowest BCUT2D eigenvalue weighted by molar-refractivity contribution is 0.613. The number of hydrogen-bond donors (Lipinski definition) is 1. The van der Waals surface area contributed by atoms with Crippen molar-refractivity contribution in [1.29, 1.82) is 5.26 Å². The second-order valence-corrected chi connectivity index (χ2v) is 4.50. The fourth-order valence-corrected chi connectivity index (χ4v) is 1.81. The van der Waals surface area contributed by atoms with E-state index in [9.17, 15) is 0 Å². The maximum Gasteiger partial charge on any atom is 0.144 e. The van der Waals surface area contributed by atoms with E-state index in [2.05, 4.69) is 30.2 Å². The van der Waals surface area contributed by atoms with Crippen LogP contribution in [0.3, 0.4) is 0 Å². The first-order valence-corrected chi connectivity index (χ1v) is 6.31. The number of rotatable bonds is 6. The summed E-state index contributed by atoms with van der Waals surface area (Å²) in [5, 5.41) is 12.4. The van der Waals surface area contributed by atoms with Crippen LogP contribution >= 0.6 is 0 Å². The van der Waals surface area contributed by atoms with Gasteiger partial charge < -0.3 is 5.32 Å². The van der Waals surface area contributed by atoms with E-state index in [4.69, 9.17) is 5.26 Å². The Bertz CT molecular complexity index is 393. The highest BCUT2D eigenvalue weighted by molar-refractivity contribution is 5.55. The zero-order chi connectivity index (χ0) is 12.7. The number of hydrogen-bond acceptors (Lipinski definition) is 3. The van der Waals surface area contributed by atoms with E-state index in [1.165, 1.54) is 19.3 Å². The standard InChI is InChI=1S/C14H21N3/c1-4-5-6-7-12(3)17-14-13(10-15)11(2)8-9-16-14/h8-9,12H,4-7H2,1-3H3,(H,16,17). The van der Waals surface area contributed by atoms with Gasteiger partial charge in [0.15, 0.2) is 0 Å². The summed E-state index contributed by atoms with van der Waals surface area (Å²) in [6.45, 7) is 6.28. The van der Waals surface area contributed by atoms with E-state index >= 15 is 0 Å². The molecular weight excluding hydrogens is 210 g/mol. The molecule has 1 N–H and O–H groups in total. The molecule has 92 valence electrons. The molecule has 1 unspecified atom stereocenters. The minimum atomic E-state index is 0.364. The zero-order valence-electron chi connectivity index (χ0n) is 11.0. The SMILES string of the molecule is CCCCCC(C)Nc1nccc(C)c1C#N. The van der Waals surface area contributed by atoms with Crippen molar-refractivity contribution in [2.45, 2.75) is 52.5 Å². The number of nitrogens with zero attached hydrogens (tertiary/aromatic N) is 2. The summed E-state index contributed by atoms with van der Waals surface area (Å²) in [6, 6.07) is 4.44. The molecule has 0 saturated carbocycles. The number of nitrogens with one attached hydrogen (secondary N) is 1. The highest BCUT2D eigenvalue weighted by atomic mass is 15.0. The van der Waals surface area contributed by atoms with Crippen molar-refractivity contribution < 1.29 is 0 Å². The smallest absolute Gasteiger partial charge is 0.144 e. The van der Waals surface area contributed by atoms with Crippen LogP contribution in [0.2, 0.25) is 0 Å². The molecule has 17 heavy (non-hydrogen) atoms. The molecule has 1 atom stereocenters. The van der Waals surface area contributed by atoms with Gasteiger partial charge in [0.1, 0.15) is 11.9 Å². The molecule has 3 nitrogen and oxygen atoms in total. The number of anilines is 1. The Morgan fingerprint density at radius 2 is 2.24 bits per heavy atom. The molecule has 0 aliphatic rings. The van der Waals surface area contributed by atoms with Crippen LogP contribution in [0.25, 0.3) is 0 Å². The minimum Gasteiger partial charge on any atom is -0.367 e. The van der Waals surface area contributed by atoms with Crippen molar-refractivity contribution in [2.24, 2.45) is 0 Å². The van der Waals surface area contributed by atoms with Gasteiger partial charge >= 0.3 is 0 Å². The largest absolute Gasteiger partial charge is 0.367 e. The summed E-state index contributed by atoms with van der Waals surface area (Å²) >= 11 is 0. The molecule has 0 aliphatic heterocycles. The molecular formula is C14H21N3. The Labute approximate surface area is 104 Å². The van der Waals surface area contributed by atoms with Crippen molar-refractivity contribution in [3.05, 3.63) is 23.4 Å². The van der Waals surface area contributed by atoms with Gasteiger partial charge in [0.2, 0.25) is 0 Å². The lowest BCUT2D eigenvalue weighted by atomic mass is 10.1. The molecule has 3 heteroatoms. The van der Waals surface area contributed by atoms with Crippen LogP contribution in [0.5, 0.6) is 0 Å². The second kappa shape index (κ2) is 6.90. The van der Waals surface area contributed by atoms with E-state index in [1.54, 1.807) is 6.20 Å². The van der Waals surface area contributed by atoms with Gasteiger partial charge in [-0.05, 0) is 31.9 Å². The summed E-state index contributed by atoms with van der Waals surface area (Å²) in [6.07, 6.45) is 6.58. The predicted molar refractivity (Wildman–Crippen MR) is 70.9 cm³/mol. The number of pyridine rings is 1. The van der Waals surface area contributed by atoms with Gasteiger partial charge in [-0.3, -0.25) is 0 Å². The van der Waals surface area contributed by atoms with Gasteiger partial charge in [0, 0.05) is 12.2 Å². The van der Waals surface area contributed by atoms with E-state index in [1.807, 2.05) is 13.0 Å². The van der Waals surface area contributed by atoms with Crippen molar-refractivity contribution >= 4 is 5.82 Å². The van der Waals surface area contributed by atoms with Crippen molar-refractivity contribution in [3.63, 3.8) is 0 Å². The van der Waals surface area contributed by atoms with Crippen LogP contribution in [-0.2, 0) is 0 Å². The number of aryl methyl sites for hydroxylation is 1. The topological polar surface area (TPSA) is 48.7 Å². The summed E-state index contributed by atoms with van der Waals surface area (Å²) in [5.74, 6) is 0.719. The van der Waals surface area contributed by atoms with Gasteiger partial charge in [0.05, 0.1) is 5.56 Å². The number of unbranched alkanes of at least 4 members (excludes halogenated alkanes) is 2. The Morgan fingerprint density at radius 3 is 2.88 bits per heavy atom. The molecule has 0 amide bonds. The highest BCUT2D eigenvalue weighted by Gasteiger charge is 2.09. The van der Waals surface area contributed by atoms with Crippen LogP contribution in [0.1, 0.15) is 50.7 Å². The average Bonchev–Trinajstić information content (AvgIpc) is 2.29. The molecule has 1 heterocycles. The monoisotopic (exact) mass is 231 g/mol. The Kier molecular flexibility index (Phi) is 5.48. The van der Waals surface area contributed by atoms with Crippen LogP contribution in [0.4, 0.5) is 5.82 Å². The van der Waals surface area contributed by atoms with Crippen molar-refractivity contribution in [2.75, 3.05) is 5.32 Å². The van der Waals surface area contributed by atoms with Gasteiger partial charge in [-0.25, -0.2) is 4.98 Å². The second-order valence-electron chi connectivity index (χ2n) is 4.50. The molecule has 0 aliphatic carbocycles. The van der Waals surface area contributed by atoms with Crippen LogP contribution < -0.4 is 5.32 Å². The van der Waals surface area contributed by atoms with Gasteiger partial charge in [-0.1, -0.05) is 26.2 Å². The molecule has 0 bridgehead atoms. The van der Waals surface area contributed by atoms with Gasteiger partial charge in [0.25, 0.3) is 0 Å². The average molecular weight is 231 g/mol. The van der Waals surface area contributed by atoms with E-state index in [0.717, 1.165) is 17.8 Å². The fourth-order valence-electron chi connectivity index (χ4n) is 1.81. The lowest BCUT2D eigenvalue weighted by Gasteiger charge is -2.15. The predicted octanol–water partition coefficient (Wildman–Crippen LogP) is 3.64. The third-order valence-electron chi connectivity index (χ3n) is 2.89. The van der Waals surface area contributed by atoms with Crippen molar-refractivity contribution in [3.8, 4) is 6.07 Å². The van der Waals surface area contributed by atoms with Gasteiger partial charge in [-0.2, -0.15) is 5.26 Å². The molecule has 0 saturated heterocycles. The Balaban J connectivity index is 2.62. The summed E-state index contributed by atoms with van der Waals surface area (Å²) < 4.78 is 0. The Morgan fingerprint density at radius 1 is 1.47 bits per heavy atom. The maximum atomic E-state index is 9.10. The normalized spacial score (nSPS) is 11.9. The van der Waals surface area contributed by atoms with E-state index in [-0.39, 0.29) is 0 Å². The highest BCUT2D eigenvalue weighted by Crippen LogP contribution is 2.17. The molecule has 0 radical (unpaired) electrons. The number of nitriles is 1. The van der Waals surface area contributed by atoms with E-state index in [0.29, 0.717) is 11.6 Å². The first kappa shape index (κ1) is 13.5. The molecule has 1 aromatic rings. The fraction of sp³-hybridized carbons (Fsp3) is 0.571. The van der Waals surface area contributed by atoms with E-state index < -0.39 is 0 Å². The van der Waals surface area contributed by atoms with Crippen molar-refractivity contribution in [1.82, 2.24) is 4.98 Å². The quantitative estimate of drug-likeness (QED) is 0.760. The molecule has 0 aromatic carbocycles. The molecule has 0 fully saturated rings. The first-order valence-electron chi connectivity index (χ1n) is 6.31. The summed E-state index contributed by atoms with van der Waals surface area (Å²) in [5.41, 5.74) is 1.64. The minimum absolute atomic E-state index is 0.364. The van der Waals surface area contributed by atoms with Crippen LogP contribution in [-0.4, -0.2) is 11.0 Å². The van der Waals surface area contributed by atoms with Gasteiger partial charge in [-0.15, -0.1) is 0 Å². The van der Waals surface area contributed by atoms with Crippen LogP contribution in [0, 0.1) is 18.3 Å². The summed E-state index contributed by atoms with van der Waals surface area (Å²) in [7, 11) is 0. The third-order valence-corrected chi connectivity index (χ3v) is 2.89. The third kappa shape index (κ3) is 4.07.